The molecule has 0 radical (unpaired) electrons. The number of rotatable bonds is 6. The molecule has 24 heavy (non-hydrogen) atoms. The first-order chi connectivity index (χ1) is 11.7. The molecule has 3 aromatic rings. The zero-order valence-corrected chi connectivity index (χ0v) is 14.3. The smallest absolute Gasteiger partial charge is 0.205 e. The van der Waals surface area contributed by atoms with E-state index in [9.17, 15) is 0 Å². The third kappa shape index (κ3) is 2.73. The van der Waals surface area contributed by atoms with Gasteiger partial charge in [0.25, 0.3) is 0 Å². The molecule has 5 heteroatoms. The van der Waals surface area contributed by atoms with Crippen LogP contribution in [0.1, 0.15) is 5.56 Å². The molecule has 0 fully saturated rings. The Bertz CT molecular complexity index is 837. The summed E-state index contributed by atoms with van der Waals surface area (Å²) in [7, 11) is 6.54. The van der Waals surface area contributed by atoms with Crippen molar-refractivity contribution < 1.29 is 18.9 Å². The lowest BCUT2D eigenvalue weighted by atomic mass is 10.2. The summed E-state index contributed by atoms with van der Waals surface area (Å²) < 4.78 is 23.9. The molecular formula is C19H21NO4. The molecule has 1 aromatic heterocycles. The van der Waals surface area contributed by atoms with Crippen LogP contribution in [0.25, 0.3) is 10.9 Å². The molecule has 1 heterocycles. The molecule has 5 nitrogen and oxygen atoms in total. The number of fused-ring (bicyclic) bond motifs is 1. The van der Waals surface area contributed by atoms with Crippen LogP contribution < -0.4 is 18.9 Å². The molecule has 0 aliphatic carbocycles. The van der Waals surface area contributed by atoms with Gasteiger partial charge in [-0.25, -0.2) is 0 Å². The molecule has 0 amide bonds. The lowest BCUT2D eigenvalue weighted by molar-refractivity contribution is 0.326. The van der Waals surface area contributed by atoms with E-state index in [1.807, 2.05) is 30.5 Å². The van der Waals surface area contributed by atoms with Crippen LogP contribution in [-0.4, -0.2) is 33.0 Å². The Kier molecular flexibility index (Phi) is 4.51. The van der Waals surface area contributed by atoms with Gasteiger partial charge in [0, 0.05) is 18.1 Å². The molecular weight excluding hydrogens is 306 g/mol. The van der Waals surface area contributed by atoms with Crippen molar-refractivity contribution in [2.45, 2.75) is 6.54 Å². The van der Waals surface area contributed by atoms with Crippen molar-refractivity contribution in [3.63, 3.8) is 0 Å². The molecule has 0 N–H and O–H groups in total. The van der Waals surface area contributed by atoms with E-state index in [1.165, 1.54) is 5.56 Å². The van der Waals surface area contributed by atoms with E-state index >= 15 is 0 Å². The highest BCUT2D eigenvalue weighted by molar-refractivity contribution is 5.91. The van der Waals surface area contributed by atoms with Crippen LogP contribution in [0.4, 0.5) is 0 Å². The summed E-state index contributed by atoms with van der Waals surface area (Å²) in [5.41, 5.74) is 2.15. The minimum atomic E-state index is 0.599. The molecule has 0 bridgehead atoms. The van der Waals surface area contributed by atoms with Crippen LogP contribution in [0, 0.1) is 0 Å². The number of hydrogen-bond donors (Lipinski definition) is 0. The Morgan fingerprint density at radius 3 is 2.08 bits per heavy atom. The summed E-state index contributed by atoms with van der Waals surface area (Å²) in [4.78, 5) is 0. The normalized spacial score (nSPS) is 10.7. The first-order valence-electron chi connectivity index (χ1n) is 7.62. The maximum Gasteiger partial charge on any atom is 0.205 e. The van der Waals surface area contributed by atoms with Gasteiger partial charge in [-0.1, -0.05) is 12.1 Å². The summed E-state index contributed by atoms with van der Waals surface area (Å²) >= 11 is 0. The second-order valence-corrected chi connectivity index (χ2v) is 5.37. The van der Waals surface area contributed by atoms with Crippen molar-refractivity contribution in [2.24, 2.45) is 0 Å². The van der Waals surface area contributed by atoms with Crippen molar-refractivity contribution in [1.29, 1.82) is 0 Å². The fraction of sp³-hybridized carbons (Fsp3) is 0.263. The number of benzene rings is 2. The topological polar surface area (TPSA) is 41.9 Å². The second-order valence-electron chi connectivity index (χ2n) is 5.37. The monoisotopic (exact) mass is 327 g/mol. The Morgan fingerprint density at radius 1 is 0.792 bits per heavy atom. The zero-order valence-electron chi connectivity index (χ0n) is 14.3. The van der Waals surface area contributed by atoms with Gasteiger partial charge in [0.15, 0.2) is 11.5 Å². The fourth-order valence-corrected chi connectivity index (χ4v) is 2.89. The lowest BCUT2D eigenvalue weighted by Gasteiger charge is -2.15. The third-order valence-electron chi connectivity index (χ3n) is 4.07. The molecule has 0 saturated carbocycles. The first-order valence-corrected chi connectivity index (χ1v) is 7.62. The van der Waals surface area contributed by atoms with E-state index < -0.39 is 0 Å². The first kappa shape index (κ1) is 16.1. The van der Waals surface area contributed by atoms with Crippen molar-refractivity contribution >= 4 is 10.9 Å². The van der Waals surface area contributed by atoms with Crippen LogP contribution in [0.15, 0.2) is 42.6 Å². The SMILES string of the molecule is COc1ccc(Cn2ccc3cc(OC)c(OC)c(OC)c32)cc1. The molecule has 3 rings (SSSR count). The quantitative estimate of drug-likeness (QED) is 0.692. The highest BCUT2D eigenvalue weighted by atomic mass is 16.5. The van der Waals surface area contributed by atoms with Gasteiger partial charge in [0.05, 0.1) is 34.0 Å². The maximum atomic E-state index is 5.62. The standard InChI is InChI=1S/C19H21NO4/c1-21-15-7-5-13(6-8-15)12-20-10-9-14-11-16(22-2)18(23-3)19(24-4)17(14)20/h5-11H,12H2,1-4H3. The summed E-state index contributed by atoms with van der Waals surface area (Å²) in [5.74, 6) is 2.77. The fourth-order valence-electron chi connectivity index (χ4n) is 2.89. The van der Waals surface area contributed by atoms with E-state index in [1.54, 1.807) is 28.4 Å². The van der Waals surface area contributed by atoms with Crippen LogP contribution in [0.2, 0.25) is 0 Å². The Hall–Kier alpha value is -2.82. The Balaban J connectivity index is 2.08. The van der Waals surface area contributed by atoms with Gasteiger partial charge in [-0.15, -0.1) is 0 Å². The molecule has 0 aliphatic heterocycles. The zero-order chi connectivity index (χ0) is 17.1. The molecule has 0 atom stereocenters. The van der Waals surface area contributed by atoms with Crippen LogP contribution in [-0.2, 0) is 6.54 Å². The highest BCUT2D eigenvalue weighted by Gasteiger charge is 2.18. The van der Waals surface area contributed by atoms with Gasteiger partial charge >= 0.3 is 0 Å². The van der Waals surface area contributed by atoms with Crippen LogP contribution >= 0.6 is 0 Å². The summed E-state index contributed by atoms with van der Waals surface area (Å²) in [6.45, 7) is 0.722. The number of aromatic nitrogens is 1. The third-order valence-corrected chi connectivity index (χ3v) is 4.07. The van der Waals surface area contributed by atoms with Crippen molar-refractivity contribution in [1.82, 2.24) is 4.57 Å². The van der Waals surface area contributed by atoms with Gasteiger partial charge in [-0.3, -0.25) is 0 Å². The van der Waals surface area contributed by atoms with Crippen LogP contribution in [0.3, 0.4) is 0 Å². The van der Waals surface area contributed by atoms with Crippen molar-refractivity contribution in [2.75, 3.05) is 28.4 Å². The van der Waals surface area contributed by atoms with Gasteiger partial charge in [0.1, 0.15) is 5.75 Å². The predicted molar refractivity (Wildman–Crippen MR) is 93.7 cm³/mol. The minimum Gasteiger partial charge on any atom is -0.497 e. The molecule has 0 saturated heterocycles. The largest absolute Gasteiger partial charge is 0.497 e. The highest BCUT2D eigenvalue weighted by Crippen LogP contribution is 2.43. The number of ether oxygens (including phenoxy) is 4. The lowest BCUT2D eigenvalue weighted by Crippen LogP contribution is -2.01. The maximum absolute atomic E-state index is 5.62. The molecule has 0 aliphatic rings. The summed E-state index contributed by atoms with van der Waals surface area (Å²) in [6.07, 6.45) is 2.04. The van der Waals surface area contributed by atoms with Gasteiger partial charge in [0.2, 0.25) is 5.75 Å². The summed E-state index contributed by atoms with van der Waals surface area (Å²) in [5, 5.41) is 1.04. The summed E-state index contributed by atoms with van der Waals surface area (Å²) in [6, 6.07) is 12.0. The number of hydrogen-bond acceptors (Lipinski definition) is 4. The molecule has 2 aromatic carbocycles. The van der Waals surface area contributed by atoms with E-state index in [-0.39, 0.29) is 0 Å². The number of nitrogens with zero attached hydrogens (tertiary/aromatic N) is 1. The van der Waals surface area contributed by atoms with Gasteiger partial charge in [-0.05, 0) is 29.8 Å². The molecule has 126 valence electrons. The average Bonchev–Trinajstić information content (AvgIpc) is 3.03. The second kappa shape index (κ2) is 6.74. The number of methoxy groups -OCH3 is 4. The molecule has 0 spiro atoms. The Labute approximate surface area is 141 Å². The molecule has 0 unspecified atom stereocenters. The van der Waals surface area contributed by atoms with E-state index in [2.05, 4.69) is 16.7 Å². The van der Waals surface area contributed by atoms with Crippen molar-refractivity contribution in [3.8, 4) is 23.0 Å². The van der Waals surface area contributed by atoms with Gasteiger partial charge in [-0.2, -0.15) is 0 Å². The van der Waals surface area contributed by atoms with E-state index in [0.717, 1.165) is 23.2 Å². The average molecular weight is 327 g/mol. The Morgan fingerprint density at radius 2 is 1.50 bits per heavy atom. The van der Waals surface area contributed by atoms with Crippen LogP contribution in [0.5, 0.6) is 23.0 Å². The van der Waals surface area contributed by atoms with Crippen molar-refractivity contribution in [3.05, 3.63) is 48.2 Å². The van der Waals surface area contributed by atoms with E-state index in [4.69, 9.17) is 18.9 Å². The predicted octanol–water partition coefficient (Wildman–Crippen LogP) is 3.72. The van der Waals surface area contributed by atoms with E-state index in [0.29, 0.717) is 17.2 Å². The minimum absolute atomic E-state index is 0.599. The van der Waals surface area contributed by atoms with Gasteiger partial charge < -0.3 is 23.5 Å².